The van der Waals surface area contributed by atoms with E-state index in [1.807, 2.05) is 0 Å². The Morgan fingerprint density at radius 3 is 1.56 bits per heavy atom. The van der Waals surface area contributed by atoms with Crippen molar-refractivity contribution in [1.82, 2.24) is 9.80 Å². The van der Waals surface area contributed by atoms with Gasteiger partial charge < -0.3 is 19.7 Å². The van der Waals surface area contributed by atoms with Crippen molar-refractivity contribution in [2.45, 2.75) is 99.9 Å². The van der Waals surface area contributed by atoms with Crippen LogP contribution in [0.4, 0.5) is 17.6 Å². The Bertz CT molecular complexity index is 2190. The molecule has 2 aromatic rings. The lowest BCUT2D eigenvalue weighted by Gasteiger charge is -2.33. The summed E-state index contributed by atoms with van der Waals surface area (Å²) in [5.41, 5.74) is -3.49. The van der Waals surface area contributed by atoms with Gasteiger partial charge in [-0.25, -0.2) is 26.7 Å². The Morgan fingerprint density at radius 1 is 0.727 bits per heavy atom. The molecule has 4 saturated heterocycles. The zero-order valence-corrected chi connectivity index (χ0v) is 38.3. The normalized spacial score (nSPS) is 37.1. The highest BCUT2D eigenvalue weighted by molar-refractivity contribution is 7.48. The van der Waals surface area contributed by atoms with Crippen LogP contribution in [0.3, 0.4) is 0 Å². The van der Waals surface area contributed by atoms with Gasteiger partial charge in [0.15, 0.2) is 29.6 Å². The molecule has 0 aliphatic carbocycles. The number of amides is 2. The summed E-state index contributed by atoms with van der Waals surface area (Å²) in [6.07, 6.45) is -5.47. The van der Waals surface area contributed by atoms with Gasteiger partial charge in [0.1, 0.15) is 36.1 Å². The number of ketones is 1. The topological polar surface area (TPSA) is 206 Å². The first-order valence-electron chi connectivity index (χ1n) is 20.3. The lowest BCUT2D eigenvalue weighted by molar-refractivity contribution is -0.151. The molecule has 0 aromatic heterocycles. The number of carbonyl (C=O) groups is 3. The van der Waals surface area contributed by atoms with E-state index in [0.29, 0.717) is 16.7 Å². The van der Waals surface area contributed by atoms with Crippen molar-refractivity contribution in [3.05, 3.63) is 106 Å². The Hall–Kier alpha value is -3.37. The SMILES string of the molecule is C=C1C=CN([C@@H]2O[C@H](CO[P@@]3(=O)OCC[C@H](c4cc(F)cc(Cl)c4)O3)[C@@H](O)[C@@]2(C)F)C(=O)C1.C[C@@]1(F)[C@H](O)[C@@H](COP2(=O)OCC[C@H](c3cc(F)cc(Cl)c3)O2)O[C@H]1N1C=CC(=O)CC1=O. The van der Waals surface area contributed by atoms with E-state index in [0.717, 1.165) is 48.1 Å². The summed E-state index contributed by atoms with van der Waals surface area (Å²) >= 11 is 11.8. The van der Waals surface area contributed by atoms with Gasteiger partial charge in [-0.3, -0.25) is 51.3 Å². The van der Waals surface area contributed by atoms with Crippen molar-refractivity contribution >= 4 is 56.4 Å². The van der Waals surface area contributed by atoms with Gasteiger partial charge in [-0.05, 0) is 79.1 Å². The first-order valence-corrected chi connectivity index (χ1v) is 24.0. The summed E-state index contributed by atoms with van der Waals surface area (Å²) in [4.78, 5) is 37.8. The minimum Gasteiger partial charge on any atom is -0.387 e. The van der Waals surface area contributed by atoms with E-state index in [9.17, 15) is 42.5 Å². The highest BCUT2D eigenvalue weighted by atomic mass is 35.5. The molecule has 17 nitrogen and oxygen atoms in total. The maximum absolute atomic E-state index is 15.3. The minimum atomic E-state index is -4.18. The number of phosphoric acid groups is 2. The number of aliphatic hydroxyl groups is 2. The van der Waals surface area contributed by atoms with Crippen molar-refractivity contribution < 1.29 is 87.9 Å². The summed E-state index contributed by atoms with van der Waals surface area (Å²) in [5, 5.41) is 21.2. The van der Waals surface area contributed by atoms with E-state index in [-0.39, 0.29) is 42.5 Å². The maximum Gasteiger partial charge on any atom is 0.475 e. The molecule has 25 heteroatoms. The summed E-state index contributed by atoms with van der Waals surface area (Å²) in [7, 11) is -8.32. The maximum atomic E-state index is 15.3. The van der Waals surface area contributed by atoms with Gasteiger partial charge in [-0.1, -0.05) is 29.8 Å². The smallest absolute Gasteiger partial charge is 0.387 e. The molecule has 2 N–H and O–H groups in total. The Labute approximate surface area is 385 Å². The second-order valence-corrected chi connectivity index (χ2v) is 20.4. The van der Waals surface area contributed by atoms with E-state index in [4.69, 9.17) is 59.8 Å². The van der Waals surface area contributed by atoms with Gasteiger partial charge in [-0.15, -0.1) is 0 Å². The molecule has 0 bridgehead atoms. The van der Waals surface area contributed by atoms with Crippen molar-refractivity contribution in [2.24, 2.45) is 0 Å². The first-order chi connectivity index (χ1) is 31.0. The van der Waals surface area contributed by atoms with Crippen LogP contribution in [0.1, 0.15) is 62.9 Å². The van der Waals surface area contributed by atoms with Gasteiger partial charge >= 0.3 is 15.6 Å². The average Bonchev–Trinajstić information content (AvgIpc) is 3.60. The fraction of sp³-hybridized carbons (Fsp3) is 0.488. The number of carbonyl (C=O) groups excluding carboxylic acids is 3. The van der Waals surface area contributed by atoms with E-state index in [1.54, 1.807) is 6.08 Å². The molecule has 0 radical (unpaired) electrons. The molecular formula is C41H44Cl2F4N2O15P2. The van der Waals surface area contributed by atoms with Crippen molar-refractivity contribution in [2.75, 3.05) is 26.4 Å². The standard InChI is InChI=1S/C21H23ClF2NO7P.C20H21ClF2NO8P/c1-12-3-5-25(18(26)7-12)20-21(2,24)19(27)17(31-20)11-30-33(28)29-6-4-16(32-33)13-8-14(22)10-15(23)9-13;1-20(23)18(27)16(31-19(20)24-4-2-14(25)9-17(24)26)10-30-33(28)29-5-3-15(32-33)11-6-12(21)8-13(22)7-11/h3,5,8-10,16-17,19-20,27H,1,4,6-7,11H2,2H3;2,4,6-8,15-16,18-19,27H,3,5,9-10H2,1H3/t16-,17-,19-,20-,21-,33-;15-,16-,18-,19-,20-,33?/m11/s1. The van der Waals surface area contributed by atoms with Gasteiger partial charge in [0.05, 0.1) is 51.5 Å². The predicted octanol–water partition coefficient (Wildman–Crippen LogP) is 7.41. The zero-order chi connectivity index (χ0) is 47.9. The van der Waals surface area contributed by atoms with Crippen LogP contribution in [0, 0.1) is 11.6 Å². The van der Waals surface area contributed by atoms with Gasteiger partial charge in [0.25, 0.3) is 0 Å². The first kappa shape index (κ1) is 50.5. The van der Waals surface area contributed by atoms with Crippen LogP contribution in [0.25, 0.3) is 0 Å². The third-order valence-corrected chi connectivity index (χ3v) is 14.6. The highest BCUT2D eigenvalue weighted by Crippen LogP contribution is 2.59. The molecule has 8 rings (SSSR count). The largest absolute Gasteiger partial charge is 0.475 e. The number of benzene rings is 2. The third-order valence-electron chi connectivity index (χ3n) is 11.2. The molecule has 66 heavy (non-hydrogen) atoms. The molecule has 2 aromatic carbocycles. The van der Waals surface area contributed by atoms with Crippen LogP contribution in [-0.2, 0) is 60.1 Å². The number of ether oxygens (including phenoxy) is 2. The Kier molecular flexibility index (Phi) is 15.2. The number of hydrogen-bond acceptors (Lipinski definition) is 15. The quantitative estimate of drug-likeness (QED) is 0.135. The number of alkyl halides is 2. The number of phosphoric ester groups is 2. The minimum absolute atomic E-state index is 0.00787. The molecular weight excluding hydrogens is 969 g/mol. The highest BCUT2D eigenvalue weighted by Gasteiger charge is 2.59. The van der Waals surface area contributed by atoms with Crippen LogP contribution in [0.2, 0.25) is 10.0 Å². The summed E-state index contributed by atoms with van der Waals surface area (Å²) in [6.45, 7) is 4.67. The number of hydrogen-bond donors (Lipinski definition) is 2. The van der Waals surface area contributed by atoms with Crippen molar-refractivity contribution in [3.63, 3.8) is 0 Å². The van der Waals surface area contributed by atoms with E-state index >= 15 is 8.78 Å². The second kappa shape index (κ2) is 19.9. The fourth-order valence-corrected chi connectivity index (χ4v) is 11.0. The molecule has 6 heterocycles. The van der Waals surface area contributed by atoms with Crippen molar-refractivity contribution in [3.8, 4) is 0 Å². The Morgan fingerprint density at radius 2 is 1.15 bits per heavy atom. The second-order valence-electron chi connectivity index (χ2n) is 16.3. The predicted molar refractivity (Wildman–Crippen MR) is 222 cm³/mol. The molecule has 12 atom stereocenters. The fourth-order valence-electron chi connectivity index (χ4n) is 7.74. The van der Waals surface area contributed by atoms with Crippen LogP contribution < -0.4 is 0 Å². The number of nitrogens with zero attached hydrogens (tertiary/aromatic N) is 2. The molecule has 1 unspecified atom stereocenters. The summed E-state index contributed by atoms with van der Waals surface area (Å²) in [6, 6.07) is 7.56. The lowest BCUT2D eigenvalue weighted by Crippen LogP contribution is -2.51. The molecule has 360 valence electrons. The lowest BCUT2D eigenvalue weighted by atomic mass is 9.97. The van der Waals surface area contributed by atoms with Crippen molar-refractivity contribution in [1.29, 1.82) is 0 Å². The monoisotopic (exact) mass is 1010 g/mol. The number of halogens is 6. The van der Waals surface area contributed by atoms with Crippen LogP contribution in [0.5, 0.6) is 0 Å². The van der Waals surface area contributed by atoms with Gasteiger partial charge in [-0.2, -0.15) is 0 Å². The molecule has 6 aliphatic heterocycles. The van der Waals surface area contributed by atoms with Crippen LogP contribution in [-0.4, -0.2) is 112 Å². The van der Waals surface area contributed by atoms with Crippen LogP contribution in [0.15, 0.2) is 73.1 Å². The average molecular weight is 1010 g/mol. The number of rotatable bonds is 10. The molecule has 0 spiro atoms. The van der Waals surface area contributed by atoms with E-state index < -0.39 is 125 Å². The van der Waals surface area contributed by atoms with E-state index in [2.05, 4.69) is 6.58 Å². The number of aliphatic hydroxyl groups excluding tert-OH is 2. The zero-order valence-electron chi connectivity index (χ0n) is 35.0. The van der Waals surface area contributed by atoms with E-state index in [1.165, 1.54) is 30.5 Å². The molecule has 0 saturated carbocycles. The molecule has 4 fully saturated rings. The van der Waals surface area contributed by atoms with Crippen LogP contribution >= 0.6 is 38.8 Å². The number of allylic oxidation sites excluding steroid dienone is 2. The third kappa shape index (κ3) is 11.2. The molecule has 2 amide bonds. The summed E-state index contributed by atoms with van der Waals surface area (Å²) < 4.78 is 127. The molecule has 6 aliphatic rings. The Balaban J connectivity index is 0.000000196. The summed E-state index contributed by atoms with van der Waals surface area (Å²) in [5.74, 6) is -2.73. The van der Waals surface area contributed by atoms with Gasteiger partial charge in [0, 0.05) is 35.3 Å². The van der Waals surface area contributed by atoms with Gasteiger partial charge in [0.2, 0.25) is 11.8 Å².